The van der Waals surface area contributed by atoms with Gasteiger partial charge in [-0.2, -0.15) is 5.10 Å². The van der Waals surface area contributed by atoms with Crippen LogP contribution in [-0.2, 0) is 0 Å². The van der Waals surface area contributed by atoms with Crippen LogP contribution in [0.15, 0.2) is 83.4 Å². The van der Waals surface area contributed by atoms with Crippen LogP contribution in [0.3, 0.4) is 0 Å². The molecule has 0 fully saturated rings. The second-order valence-electron chi connectivity index (χ2n) is 8.94. The SMILES string of the molecule is CNC(=O)c1c(-c2ccc(F)cc2)oc2cc(N(C)S)c(-c3ccc4nc(-c5ccc(F)cc5)cn4n3)cc12. The lowest BCUT2D eigenvalue weighted by Crippen LogP contribution is -2.18. The van der Waals surface area contributed by atoms with Gasteiger partial charge in [-0.15, -0.1) is 0 Å². The van der Waals surface area contributed by atoms with Crippen LogP contribution in [0.5, 0.6) is 0 Å². The number of amides is 1. The van der Waals surface area contributed by atoms with Gasteiger partial charge >= 0.3 is 0 Å². The van der Waals surface area contributed by atoms with Crippen molar-refractivity contribution < 1.29 is 18.0 Å². The second kappa shape index (κ2) is 9.55. The molecular formula is C29H21F2N5O2S. The molecule has 0 bridgehead atoms. The third kappa shape index (κ3) is 4.38. The normalized spacial score (nSPS) is 11.3. The molecule has 0 unspecified atom stereocenters. The zero-order valence-electron chi connectivity index (χ0n) is 20.8. The van der Waals surface area contributed by atoms with Gasteiger partial charge in [0.2, 0.25) is 0 Å². The van der Waals surface area contributed by atoms with Crippen LogP contribution in [0.1, 0.15) is 10.4 Å². The molecule has 39 heavy (non-hydrogen) atoms. The number of nitrogens with one attached hydrogen (secondary N) is 1. The van der Waals surface area contributed by atoms with Crippen LogP contribution in [0.4, 0.5) is 14.5 Å². The number of hydrogen-bond donors (Lipinski definition) is 2. The number of thiol groups is 1. The molecule has 0 aliphatic rings. The number of benzene rings is 3. The van der Waals surface area contributed by atoms with Gasteiger partial charge in [-0.1, -0.05) is 12.8 Å². The average molecular weight is 542 g/mol. The third-order valence-corrected chi connectivity index (χ3v) is 6.67. The minimum absolute atomic E-state index is 0.320. The second-order valence-corrected chi connectivity index (χ2v) is 9.54. The van der Waals surface area contributed by atoms with Crippen molar-refractivity contribution in [2.24, 2.45) is 0 Å². The van der Waals surface area contributed by atoms with Crippen molar-refractivity contribution in [1.29, 1.82) is 0 Å². The number of anilines is 1. The molecule has 6 rings (SSSR count). The summed E-state index contributed by atoms with van der Waals surface area (Å²) in [5, 5.41) is 8.02. The summed E-state index contributed by atoms with van der Waals surface area (Å²) in [6.45, 7) is 0. The molecule has 7 nitrogen and oxygen atoms in total. The maximum absolute atomic E-state index is 13.6. The van der Waals surface area contributed by atoms with Crippen LogP contribution in [-0.4, -0.2) is 34.6 Å². The van der Waals surface area contributed by atoms with Crippen molar-refractivity contribution in [3.8, 4) is 33.8 Å². The van der Waals surface area contributed by atoms with Gasteiger partial charge in [0.25, 0.3) is 5.91 Å². The number of fused-ring (bicyclic) bond motifs is 2. The van der Waals surface area contributed by atoms with Gasteiger partial charge < -0.3 is 14.0 Å². The monoisotopic (exact) mass is 541 g/mol. The summed E-state index contributed by atoms with van der Waals surface area (Å²) >= 11 is 4.53. The highest BCUT2D eigenvalue weighted by molar-refractivity contribution is 7.81. The van der Waals surface area contributed by atoms with E-state index in [-0.39, 0.29) is 17.5 Å². The zero-order chi connectivity index (χ0) is 27.3. The number of halogens is 2. The topological polar surface area (TPSA) is 75.7 Å². The lowest BCUT2D eigenvalue weighted by Gasteiger charge is -2.16. The summed E-state index contributed by atoms with van der Waals surface area (Å²) in [5.74, 6) is -0.718. The summed E-state index contributed by atoms with van der Waals surface area (Å²) in [5.41, 5.74) is 5.41. The molecule has 0 aliphatic carbocycles. The van der Waals surface area contributed by atoms with Gasteiger partial charge in [0.15, 0.2) is 5.65 Å². The minimum Gasteiger partial charge on any atom is -0.455 e. The van der Waals surface area contributed by atoms with Crippen molar-refractivity contribution in [3.63, 3.8) is 0 Å². The highest BCUT2D eigenvalue weighted by Gasteiger charge is 2.24. The van der Waals surface area contributed by atoms with E-state index in [1.807, 2.05) is 18.2 Å². The van der Waals surface area contributed by atoms with Gasteiger partial charge in [0, 0.05) is 42.2 Å². The van der Waals surface area contributed by atoms with E-state index < -0.39 is 0 Å². The highest BCUT2D eigenvalue weighted by Crippen LogP contribution is 2.40. The van der Waals surface area contributed by atoms with E-state index in [4.69, 9.17) is 9.52 Å². The molecule has 3 aromatic heterocycles. The largest absolute Gasteiger partial charge is 0.455 e. The number of carbonyl (C=O) groups excluding carboxylic acids is 1. The van der Waals surface area contributed by atoms with E-state index in [0.29, 0.717) is 56.1 Å². The zero-order valence-corrected chi connectivity index (χ0v) is 21.7. The lowest BCUT2D eigenvalue weighted by atomic mass is 10.0. The van der Waals surface area contributed by atoms with Crippen LogP contribution in [0, 0.1) is 11.6 Å². The summed E-state index contributed by atoms with van der Waals surface area (Å²) in [4.78, 5) is 17.6. The molecule has 1 N–H and O–H groups in total. The third-order valence-electron chi connectivity index (χ3n) is 6.45. The lowest BCUT2D eigenvalue weighted by molar-refractivity contribution is 0.0964. The van der Waals surface area contributed by atoms with E-state index in [2.05, 4.69) is 23.1 Å². The van der Waals surface area contributed by atoms with Gasteiger partial charge in [0.1, 0.15) is 23.0 Å². The quantitative estimate of drug-likeness (QED) is 0.247. The summed E-state index contributed by atoms with van der Waals surface area (Å²) in [6.07, 6.45) is 1.77. The van der Waals surface area contributed by atoms with Crippen LogP contribution < -0.4 is 9.62 Å². The molecule has 1 amide bonds. The van der Waals surface area contributed by atoms with Crippen LogP contribution in [0.2, 0.25) is 0 Å². The molecule has 0 aliphatic heterocycles. The number of furan rings is 1. The molecular weight excluding hydrogens is 520 g/mol. The maximum atomic E-state index is 13.6. The molecule has 0 saturated heterocycles. The summed E-state index contributed by atoms with van der Waals surface area (Å²) in [7, 11) is 3.32. The Morgan fingerprint density at radius 1 is 0.949 bits per heavy atom. The first-order chi connectivity index (χ1) is 18.8. The fourth-order valence-electron chi connectivity index (χ4n) is 4.55. The smallest absolute Gasteiger partial charge is 0.255 e. The first-order valence-electron chi connectivity index (χ1n) is 12.0. The molecule has 6 aromatic rings. The number of imidazole rings is 1. The van der Waals surface area contributed by atoms with Gasteiger partial charge in [-0.05, 0) is 66.7 Å². The van der Waals surface area contributed by atoms with Crippen molar-refractivity contribution in [2.75, 3.05) is 18.4 Å². The Bertz CT molecular complexity index is 1860. The summed E-state index contributed by atoms with van der Waals surface area (Å²) < 4.78 is 36.4. The number of carbonyl (C=O) groups is 1. The van der Waals surface area contributed by atoms with E-state index in [0.717, 1.165) is 5.56 Å². The Morgan fingerprint density at radius 3 is 2.26 bits per heavy atom. The molecule has 3 aromatic carbocycles. The van der Waals surface area contributed by atoms with Crippen LogP contribution >= 0.6 is 12.8 Å². The number of nitrogens with zero attached hydrogens (tertiary/aromatic N) is 4. The van der Waals surface area contributed by atoms with Crippen molar-refractivity contribution in [2.45, 2.75) is 0 Å². The van der Waals surface area contributed by atoms with Gasteiger partial charge in [-0.25, -0.2) is 18.3 Å². The Kier molecular flexibility index (Phi) is 6.03. The van der Waals surface area contributed by atoms with E-state index in [9.17, 15) is 13.6 Å². The van der Waals surface area contributed by atoms with Gasteiger partial charge in [0.05, 0.1) is 28.8 Å². The van der Waals surface area contributed by atoms with Crippen molar-refractivity contribution in [3.05, 3.63) is 96.2 Å². The van der Waals surface area contributed by atoms with E-state index in [1.165, 1.54) is 24.3 Å². The van der Waals surface area contributed by atoms with Crippen molar-refractivity contribution in [1.82, 2.24) is 19.9 Å². The highest BCUT2D eigenvalue weighted by atomic mass is 32.1. The van der Waals surface area contributed by atoms with E-state index in [1.54, 1.807) is 59.4 Å². The van der Waals surface area contributed by atoms with Gasteiger partial charge in [-0.3, -0.25) is 4.79 Å². The maximum Gasteiger partial charge on any atom is 0.255 e. The Balaban J connectivity index is 1.54. The molecule has 3 heterocycles. The molecule has 0 spiro atoms. The predicted molar refractivity (Wildman–Crippen MR) is 150 cm³/mol. The number of rotatable bonds is 5. The van der Waals surface area contributed by atoms with Crippen molar-refractivity contribution >= 4 is 41.0 Å². The Morgan fingerprint density at radius 2 is 1.62 bits per heavy atom. The Labute approximate surface area is 227 Å². The predicted octanol–water partition coefficient (Wildman–Crippen LogP) is 6.40. The minimum atomic E-state index is -0.388. The number of hydrogen-bond acceptors (Lipinski definition) is 6. The summed E-state index contributed by atoms with van der Waals surface area (Å²) in [6, 6.07) is 19.2. The number of aromatic nitrogens is 3. The first kappa shape index (κ1) is 24.6. The molecule has 194 valence electrons. The fourth-order valence-corrected chi connectivity index (χ4v) is 4.71. The van der Waals surface area contributed by atoms with Crippen LogP contribution in [0.25, 0.3) is 50.5 Å². The molecule has 10 heteroatoms. The van der Waals surface area contributed by atoms with E-state index >= 15 is 0 Å². The Hall–Kier alpha value is -4.70. The fraction of sp³-hybridized carbons (Fsp3) is 0.0690. The molecule has 0 saturated carbocycles. The molecule has 0 radical (unpaired) electrons. The standard InChI is InChI=1S/C29H21F2N5O2S/c1-32-29(37)27-21-13-20(24(35(2)39)14-25(21)38-28(27)17-5-9-19(31)10-6-17)22-11-12-26-33-23(15-36(26)34-22)16-3-7-18(30)8-4-16/h3-15,39H,1-2H3,(H,32,37). The molecule has 0 atom stereocenters. The first-order valence-corrected chi connectivity index (χ1v) is 12.4. The average Bonchev–Trinajstić information content (AvgIpc) is 3.53.